The Bertz CT molecular complexity index is 349. The van der Waals surface area contributed by atoms with Crippen molar-refractivity contribution < 1.29 is 19.1 Å². The summed E-state index contributed by atoms with van der Waals surface area (Å²) in [5, 5.41) is 0. The number of hydrogen-bond donors (Lipinski definition) is 0. The van der Waals surface area contributed by atoms with E-state index in [-0.39, 0.29) is 12.6 Å². The second-order valence-corrected chi connectivity index (χ2v) is 6.26. The molecule has 4 heteroatoms. The lowest BCUT2D eigenvalue weighted by atomic mass is 10.1. The fraction of sp³-hybridized carbons (Fsp3) is 0.789. The molecule has 0 N–H and O–H groups in total. The Kier molecular flexibility index (Phi) is 13.5. The van der Waals surface area contributed by atoms with Crippen LogP contribution in [0.5, 0.6) is 0 Å². The zero-order chi connectivity index (χ0) is 17.5. The minimum absolute atomic E-state index is 0.0786. The van der Waals surface area contributed by atoms with Gasteiger partial charge in [0.2, 0.25) is 0 Å². The number of rotatable bonds is 14. The van der Waals surface area contributed by atoms with Crippen LogP contribution in [0.4, 0.5) is 0 Å². The van der Waals surface area contributed by atoms with E-state index in [2.05, 4.69) is 13.5 Å². The summed E-state index contributed by atoms with van der Waals surface area (Å²) >= 11 is 0. The van der Waals surface area contributed by atoms with Gasteiger partial charge in [-0.3, -0.25) is 4.79 Å². The summed E-state index contributed by atoms with van der Waals surface area (Å²) in [6.45, 7) is 9.11. The maximum atomic E-state index is 11.7. The van der Waals surface area contributed by atoms with E-state index in [1.807, 2.05) is 0 Å². The van der Waals surface area contributed by atoms with Crippen molar-refractivity contribution in [3.05, 3.63) is 12.2 Å². The molecule has 0 aliphatic rings. The van der Waals surface area contributed by atoms with Crippen LogP contribution in [0.2, 0.25) is 0 Å². The topological polar surface area (TPSA) is 52.6 Å². The normalized spacial score (nSPS) is 11.8. The highest BCUT2D eigenvalue weighted by molar-refractivity contribution is 5.86. The summed E-state index contributed by atoms with van der Waals surface area (Å²) in [5.74, 6) is -0.668. The molecule has 4 nitrogen and oxygen atoms in total. The van der Waals surface area contributed by atoms with Gasteiger partial charge in [0.05, 0.1) is 0 Å². The minimum Gasteiger partial charge on any atom is -0.459 e. The minimum atomic E-state index is -0.452. The summed E-state index contributed by atoms with van der Waals surface area (Å²) in [5.41, 5.74) is 0.346. The second-order valence-electron chi connectivity index (χ2n) is 6.26. The van der Waals surface area contributed by atoms with Crippen LogP contribution in [0.3, 0.4) is 0 Å². The first kappa shape index (κ1) is 21.7. The van der Waals surface area contributed by atoms with Crippen molar-refractivity contribution in [3.63, 3.8) is 0 Å². The Balaban J connectivity index is 3.49. The Morgan fingerprint density at radius 2 is 1.48 bits per heavy atom. The molecule has 0 saturated heterocycles. The van der Waals surface area contributed by atoms with Crippen LogP contribution in [-0.4, -0.2) is 24.6 Å². The Morgan fingerprint density at radius 3 is 2.00 bits per heavy atom. The van der Waals surface area contributed by atoms with Gasteiger partial charge in [0, 0.05) is 12.0 Å². The van der Waals surface area contributed by atoms with Crippen molar-refractivity contribution in [2.45, 2.75) is 91.1 Å². The van der Waals surface area contributed by atoms with Gasteiger partial charge in [0.25, 0.3) is 0 Å². The summed E-state index contributed by atoms with van der Waals surface area (Å²) in [4.78, 5) is 22.9. The Hall–Kier alpha value is -1.32. The van der Waals surface area contributed by atoms with Gasteiger partial charge in [-0.1, -0.05) is 64.9 Å². The molecule has 0 saturated carbocycles. The molecular weight excluding hydrogens is 292 g/mol. The molecule has 0 bridgehead atoms. The van der Waals surface area contributed by atoms with Gasteiger partial charge in [0.15, 0.2) is 0 Å². The highest BCUT2D eigenvalue weighted by Crippen LogP contribution is 2.11. The molecule has 0 aliphatic carbocycles. The van der Waals surface area contributed by atoms with E-state index in [1.54, 1.807) is 13.8 Å². The molecule has 23 heavy (non-hydrogen) atoms. The van der Waals surface area contributed by atoms with Crippen molar-refractivity contribution in [2.24, 2.45) is 0 Å². The molecule has 1 atom stereocenters. The monoisotopic (exact) mass is 326 g/mol. The Labute approximate surface area is 141 Å². The van der Waals surface area contributed by atoms with E-state index in [0.717, 1.165) is 12.8 Å². The highest BCUT2D eigenvalue weighted by atomic mass is 16.6. The lowest BCUT2D eigenvalue weighted by Gasteiger charge is -2.13. The number of ether oxygens (including phenoxy) is 2. The summed E-state index contributed by atoms with van der Waals surface area (Å²) in [6, 6.07) is 0. The summed E-state index contributed by atoms with van der Waals surface area (Å²) in [6.07, 6.45) is 11.0. The number of unbranched alkanes of at least 4 members (excludes halogenated alkanes) is 8. The van der Waals surface area contributed by atoms with Crippen molar-refractivity contribution in [3.8, 4) is 0 Å². The van der Waals surface area contributed by atoms with Crippen LogP contribution >= 0.6 is 0 Å². The zero-order valence-electron chi connectivity index (χ0n) is 15.2. The lowest BCUT2D eigenvalue weighted by Crippen LogP contribution is -2.22. The predicted molar refractivity (Wildman–Crippen MR) is 93.2 cm³/mol. The standard InChI is InChI=1S/C19H34O4/c1-5-6-7-8-9-10-11-12-13-14-18(20)23-17(4)15-22-19(21)16(2)3/h17H,2,5-15H2,1,3-4H3. The van der Waals surface area contributed by atoms with Gasteiger partial charge >= 0.3 is 11.9 Å². The molecule has 0 aromatic carbocycles. The van der Waals surface area contributed by atoms with Crippen molar-refractivity contribution in [1.29, 1.82) is 0 Å². The molecule has 134 valence electrons. The van der Waals surface area contributed by atoms with Crippen LogP contribution in [0, 0.1) is 0 Å². The van der Waals surface area contributed by atoms with Crippen LogP contribution < -0.4 is 0 Å². The molecule has 0 amide bonds. The summed E-state index contributed by atoms with van der Waals surface area (Å²) < 4.78 is 10.2. The largest absolute Gasteiger partial charge is 0.459 e. The van der Waals surface area contributed by atoms with E-state index >= 15 is 0 Å². The number of hydrogen-bond acceptors (Lipinski definition) is 4. The van der Waals surface area contributed by atoms with Crippen LogP contribution in [-0.2, 0) is 19.1 Å². The molecule has 0 radical (unpaired) electrons. The van der Waals surface area contributed by atoms with E-state index in [0.29, 0.717) is 12.0 Å². The van der Waals surface area contributed by atoms with E-state index in [1.165, 1.54) is 44.9 Å². The quantitative estimate of drug-likeness (QED) is 0.257. The third kappa shape index (κ3) is 14.0. The molecule has 0 aromatic rings. The smallest absolute Gasteiger partial charge is 0.333 e. The average Bonchev–Trinajstić information content (AvgIpc) is 2.50. The Morgan fingerprint density at radius 1 is 0.957 bits per heavy atom. The van der Waals surface area contributed by atoms with Gasteiger partial charge in [-0.25, -0.2) is 4.79 Å². The molecule has 0 rings (SSSR count). The molecule has 0 aliphatic heterocycles. The average molecular weight is 326 g/mol. The van der Waals surface area contributed by atoms with Gasteiger partial charge in [-0.05, 0) is 20.3 Å². The molecular formula is C19H34O4. The highest BCUT2D eigenvalue weighted by Gasteiger charge is 2.12. The second kappa shape index (κ2) is 14.3. The fourth-order valence-corrected chi connectivity index (χ4v) is 2.21. The maximum Gasteiger partial charge on any atom is 0.333 e. The van der Waals surface area contributed by atoms with Gasteiger partial charge in [-0.2, -0.15) is 0 Å². The number of carbonyl (C=O) groups excluding carboxylic acids is 2. The number of esters is 2. The molecule has 0 heterocycles. The predicted octanol–water partition coefficient (Wildman–Crippen LogP) is 4.96. The van der Waals surface area contributed by atoms with Crippen LogP contribution in [0.25, 0.3) is 0 Å². The third-order valence-corrected chi connectivity index (χ3v) is 3.61. The van der Waals surface area contributed by atoms with Gasteiger partial charge in [0.1, 0.15) is 12.7 Å². The fourth-order valence-electron chi connectivity index (χ4n) is 2.21. The molecule has 0 fully saturated rings. The van der Waals surface area contributed by atoms with E-state index in [4.69, 9.17) is 9.47 Å². The lowest BCUT2D eigenvalue weighted by molar-refractivity contribution is -0.156. The first-order valence-electron chi connectivity index (χ1n) is 8.99. The third-order valence-electron chi connectivity index (χ3n) is 3.61. The molecule has 0 aromatic heterocycles. The SMILES string of the molecule is C=C(C)C(=O)OCC(C)OC(=O)CCCCCCCCCCC. The van der Waals surface area contributed by atoms with E-state index in [9.17, 15) is 9.59 Å². The van der Waals surface area contributed by atoms with Crippen molar-refractivity contribution >= 4 is 11.9 Å². The number of carbonyl (C=O) groups is 2. The summed E-state index contributed by atoms with van der Waals surface area (Å²) in [7, 11) is 0. The zero-order valence-corrected chi connectivity index (χ0v) is 15.2. The first-order valence-corrected chi connectivity index (χ1v) is 8.99. The van der Waals surface area contributed by atoms with E-state index < -0.39 is 12.1 Å². The van der Waals surface area contributed by atoms with Gasteiger partial charge < -0.3 is 9.47 Å². The van der Waals surface area contributed by atoms with Crippen molar-refractivity contribution in [2.75, 3.05) is 6.61 Å². The van der Waals surface area contributed by atoms with Crippen LogP contribution in [0.15, 0.2) is 12.2 Å². The van der Waals surface area contributed by atoms with Crippen LogP contribution in [0.1, 0.15) is 85.0 Å². The van der Waals surface area contributed by atoms with Crippen molar-refractivity contribution in [1.82, 2.24) is 0 Å². The molecule has 0 spiro atoms. The maximum absolute atomic E-state index is 11.7. The van der Waals surface area contributed by atoms with Gasteiger partial charge in [-0.15, -0.1) is 0 Å². The first-order chi connectivity index (χ1) is 11.0. The molecule has 1 unspecified atom stereocenters.